The number of carbonyl (C=O) groups is 6. The summed E-state index contributed by atoms with van der Waals surface area (Å²) in [5, 5.41) is 17.5. The molecular formula is C76H107NO15Si2. The molecule has 4 aliphatic carbocycles. The summed E-state index contributed by atoms with van der Waals surface area (Å²) in [4.78, 5) is 90.8. The van der Waals surface area contributed by atoms with Crippen molar-refractivity contribution < 1.29 is 71.1 Å². The molecule has 1 aliphatic heterocycles. The van der Waals surface area contributed by atoms with Crippen molar-refractivity contribution in [1.29, 1.82) is 0 Å². The Morgan fingerprint density at radius 2 is 1.23 bits per heavy atom. The predicted molar refractivity (Wildman–Crippen MR) is 370 cm³/mol. The Morgan fingerprint density at radius 3 is 1.72 bits per heavy atom. The number of ether oxygens (including phenoxy) is 6. The largest absolute Gasteiger partial charge is 0.455 e. The van der Waals surface area contributed by atoms with Gasteiger partial charge in [-0.3, -0.25) is 14.4 Å². The van der Waals surface area contributed by atoms with Crippen LogP contribution in [0.25, 0.3) is 0 Å². The Morgan fingerprint density at radius 1 is 0.713 bits per heavy atom. The summed E-state index contributed by atoms with van der Waals surface area (Å²) in [5.74, 6) is -5.15. The maximum atomic E-state index is 17.1. The highest BCUT2D eigenvalue weighted by Crippen LogP contribution is 2.78. The van der Waals surface area contributed by atoms with Gasteiger partial charge in [0.1, 0.15) is 29.0 Å². The zero-order chi connectivity index (χ0) is 68.8. The first-order chi connectivity index (χ1) is 44.8. The number of carbonyl (C=O) groups excluding carboxylic acids is 6. The molecule has 1 amide bonds. The normalized spacial score (nSPS) is 28.2. The van der Waals surface area contributed by atoms with Crippen molar-refractivity contribution in [2.75, 3.05) is 6.61 Å². The van der Waals surface area contributed by atoms with Gasteiger partial charge >= 0.3 is 30.0 Å². The van der Waals surface area contributed by atoms with E-state index in [2.05, 4.69) is 93.8 Å². The van der Waals surface area contributed by atoms with Crippen molar-refractivity contribution in [3.8, 4) is 0 Å². The van der Waals surface area contributed by atoms with E-state index in [0.717, 1.165) is 32.1 Å². The highest BCUT2D eigenvalue weighted by atomic mass is 28.4. The zero-order valence-electron chi connectivity index (χ0n) is 58.4. The number of hydrogen-bond donors (Lipinski definition) is 2. The standard InChI is InChI=1S/C76H107NO15Si2/c1-15-22-23-24-25-26-27-28-29-30-31-32-33-34-35-36-37-38-45-50-60(79)86-63-61-54(8)76(89-69(82)64(92-94(19-5,20-6)21-7)62(56-46-41-39-42-47-56)77-70(83)90-71(10,11)12)52-75(84,73(61,76)14)67(87-68(81)57-48-43-40-44-49-57)65-72(13,66(63)80)58(91-93(16-2,17-3)18-4)51-59-74(65,53-85-59)88-55(9)78/h22-23,25-26,28-29,31-32,34-35,37-44,46-49,58-59,62-65,67,84H,15-21,24,27,30,33,36,45,50-53H2,1-14H3,(H,77,83)/b23-22-,26-25-,29-28-,32-31-,35-34-,38-37-/t58-,59+,62?,63+,64+,65-,67-,72+,73?,74-,75+,76?/m0/s1. The van der Waals surface area contributed by atoms with Crippen molar-refractivity contribution in [2.45, 2.75) is 256 Å². The lowest BCUT2D eigenvalue weighted by atomic mass is 9.30. The molecule has 2 aromatic rings. The fourth-order valence-corrected chi connectivity index (χ4v) is 21.0. The number of hydrogen-bond acceptors (Lipinski definition) is 15. The van der Waals surface area contributed by atoms with Gasteiger partial charge in [0.25, 0.3) is 0 Å². The molecule has 12 atom stereocenters. The monoisotopic (exact) mass is 1330 g/mol. The number of aliphatic hydroxyl groups is 1. The van der Waals surface area contributed by atoms with Crippen molar-refractivity contribution >= 4 is 52.4 Å². The summed E-state index contributed by atoms with van der Waals surface area (Å²) in [5.41, 5.74) is -9.22. The number of ketones is 1. The number of nitrogens with one attached hydrogen (secondary N) is 1. The molecule has 7 rings (SSSR count). The lowest BCUT2D eigenvalue weighted by molar-refractivity contribution is -0.375. The third-order valence-corrected chi connectivity index (χ3v) is 30.4. The van der Waals surface area contributed by atoms with Crippen LogP contribution >= 0.6 is 0 Å². The van der Waals surface area contributed by atoms with Gasteiger partial charge in [0, 0.05) is 26.2 Å². The van der Waals surface area contributed by atoms with Crippen LogP contribution in [-0.4, -0.2) is 117 Å². The van der Waals surface area contributed by atoms with E-state index in [9.17, 15) is 19.5 Å². The summed E-state index contributed by atoms with van der Waals surface area (Å²) in [7, 11) is -5.51. The van der Waals surface area contributed by atoms with Gasteiger partial charge in [-0.15, -0.1) is 0 Å². The minimum absolute atomic E-state index is 0.0815. The number of rotatable bonds is 33. The van der Waals surface area contributed by atoms with Crippen LogP contribution in [-0.2, 0) is 56.5 Å². The average Bonchev–Trinajstić information content (AvgIpc) is 0.621. The number of alkyl carbamates (subject to hydrolysis) is 1. The summed E-state index contributed by atoms with van der Waals surface area (Å²) >= 11 is 0. The molecule has 16 nitrogen and oxygen atoms in total. The highest BCUT2D eigenvalue weighted by Gasteiger charge is 2.90. The first-order valence-electron chi connectivity index (χ1n) is 34.5. The molecule has 4 fully saturated rings. The van der Waals surface area contributed by atoms with E-state index in [1.807, 2.05) is 39.0 Å². The van der Waals surface area contributed by atoms with Gasteiger partial charge in [-0.05, 0) is 152 Å². The SMILES string of the molecule is CC/C=C\C/C=C\C/C=C\C/C=C\C/C=C\C/C=C\CCC(=O)O[C@H]1C(=O)[C@]2(C)[C@@H](O[Si](CC)(CC)CC)C[C@H]3OC[C@@]3(OC(C)=O)[C@H]2[C@H](OC(=O)c2ccccc2)[C@]2(O)CC3(OC(=O)[C@H](O[Si](CC)(CC)CC)C(NC(=O)OC(C)(C)C)c4ccccc4)C(C)=C1C32C. The van der Waals surface area contributed by atoms with Crippen LogP contribution < -0.4 is 5.32 Å². The summed E-state index contributed by atoms with van der Waals surface area (Å²) < 4.78 is 54.0. The lowest BCUT2D eigenvalue weighted by Gasteiger charge is -2.78. The number of amides is 1. The van der Waals surface area contributed by atoms with E-state index in [0.29, 0.717) is 53.8 Å². The van der Waals surface area contributed by atoms with Crippen LogP contribution in [0.1, 0.15) is 183 Å². The molecule has 2 N–H and O–H groups in total. The van der Waals surface area contributed by atoms with Gasteiger partial charge in [-0.2, -0.15) is 0 Å². The van der Waals surface area contributed by atoms with Gasteiger partial charge in [0.2, 0.25) is 0 Å². The first-order valence-corrected chi connectivity index (χ1v) is 39.6. The average molecular weight is 1330 g/mol. The number of fused-ring (bicyclic) bond motifs is 3. The highest BCUT2D eigenvalue weighted by molar-refractivity contribution is 6.74. The van der Waals surface area contributed by atoms with Crippen molar-refractivity contribution in [2.24, 2.45) is 16.7 Å². The Labute approximate surface area is 561 Å². The minimum atomic E-state index is -2.81. The van der Waals surface area contributed by atoms with Crippen molar-refractivity contribution in [3.63, 3.8) is 0 Å². The molecule has 0 bridgehead atoms. The molecule has 0 spiro atoms. The number of benzene rings is 2. The number of esters is 4. The predicted octanol–water partition coefficient (Wildman–Crippen LogP) is 15.7. The third kappa shape index (κ3) is 15.4. The molecule has 2 aromatic carbocycles. The lowest BCUT2D eigenvalue weighted by Crippen LogP contribution is -2.90. The van der Waals surface area contributed by atoms with Gasteiger partial charge in [-0.25, -0.2) is 14.4 Å². The van der Waals surface area contributed by atoms with E-state index in [4.69, 9.17) is 37.3 Å². The molecule has 514 valence electrons. The topological polar surface area (TPSA) is 209 Å². The van der Waals surface area contributed by atoms with E-state index < -0.39 is 135 Å². The van der Waals surface area contributed by atoms with Crippen molar-refractivity contribution in [3.05, 3.63) is 156 Å². The second-order valence-electron chi connectivity index (χ2n) is 27.4. The summed E-state index contributed by atoms with van der Waals surface area (Å²) in [6.07, 6.45) is 22.7. The van der Waals surface area contributed by atoms with Crippen LogP contribution in [0.15, 0.2) is 145 Å². The molecule has 1 heterocycles. The molecule has 18 heteroatoms. The fraction of sp³-hybridized carbons (Fsp3) is 0.579. The van der Waals surface area contributed by atoms with Crippen LogP contribution in [0.2, 0.25) is 36.3 Å². The third-order valence-electron chi connectivity index (χ3n) is 21.1. The number of Topliss-reactive ketones (excluding diaryl/α,β-unsaturated/α-hetero) is 1. The second-order valence-corrected chi connectivity index (χ2v) is 36.9. The van der Waals surface area contributed by atoms with Crippen LogP contribution in [0.5, 0.6) is 0 Å². The van der Waals surface area contributed by atoms with Gasteiger partial charge < -0.3 is 47.7 Å². The van der Waals surface area contributed by atoms with E-state index in [1.54, 1.807) is 96.1 Å². The van der Waals surface area contributed by atoms with Gasteiger partial charge in [-0.1, -0.05) is 170 Å². The Kier molecular flexibility index (Phi) is 25.7. The summed E-state index contributed by atoms with van der Waals surface area (Å²) in [6.45, 7) is 25.7. The van der Waals surface area contributed by atoms with Crippen LogP contribution in [0.3, 0.4) is 0 Å². The molecule has 5 aliphatic rings. The molecule has 0 radical (unpaired) electrons. The van der Waals surface area contributed by atoms with E-state index >= 15 is 14.4 Å². The smallest absolute Gasteiger partial charge is 0.408 e. The zero-order valence-corrected chi connectivity index (χ0v) is 60.4. The van der Waals surface area contributed by atoms with E-state index in [1.165, 1.54) is 6.92 Å². The maximum Gasteiger partial charge on any atom is 0.408 e. The Balaban J connectivity index is 1.33. The van der Waals surface area contributed by atoms with Crippen molar-refractivity contribution in [1.82, 2.24) is 5.32 Å². The van der Waals surface area contributed by atoms with Crippen LogP contribution in [0.4, 0.5) is 4.79 Å². The minimum Gasteiger partial charge on any atom is -0.455 e. The van der Waals surface area contributed by atoms with Gasteiger partial charge in [0.15, 0.2) is 40.2 Å². The van der Waals surface area contributed by atoms with Gasteiger partial charge in [0.05, 0.1) is 41.1 Å². The molecular weight excluding hydrogens is 1220 g/mol. The molecule has 94 heavy (non-hydrogen) atoms. The molecule has 3 unspecified atom stereocenters. The number of allylic oxidation sites excluding steroid dienone is 12. The maximum absolute atomic E-state index is 17.1. The molecule has 1 saturated heterocycles. The quantitative estimate of drug-likeness (QED) is 0.0295. The van der Waals surface area contributed by atoms with Crippen LogP contribution in [0, 0.1) is 16.7 Å². The second kappa shape index (κ2) is 32.2. The van der Waals surface area contributed by atoms with E-state index in [-0.39, 0.29) is 37.0 Å². The molecule has 3 saturated carbocycles. The summed E-state index contributed by atoms with van der Waals surface area (Å²) in [6, 6.07) is 20.0. The fourth-order valence-electron chi connectivity index (χ4n) is 15.3. The Hall–Kier alpha value is -6.29. The molecule has 0 aromatic heterocycles. The first kappa shape index (κ1) is 75.1. The Bertz CT molecular complexity index is 3160.